The van der Waals surface area contributed by atoms with Crippen LogP contribution in [0.2, 0.25) is 0 Å². The summed E-state index contributed by atoms with van der Waals surface area (Å²) in [5.41, 5.74) is 1.64. The second-order valence-electron chi connectivity index (χ2n) is 4.80. The third kappa shape index (κ3) is 3.02. The van der Waals surface area contributed by atoms with Crippen molar-refractivity contribution in [2.45, 2.75) is 25.4 Å². The monoisotopic (exact) mass is 289 g/mol. The molecule has 1 N–H and O–H groups in total. The van der Waals surface area contributed by atoms with Gasteiger partial charge in [-0.1, -0.05) is 23.5 Å². The van der Waals surface area contributed by atoms with Crippen molar-refractivity contribution in [2.75, 3.05) is 12.4 Å². The quantitative estimate of drug-likeness (QED) is 0.919. The Morgan fingerprint density at radius 3 is 2.75 bits per heavy atom. The highest BCUT2D eigenvalue weighted by atomic mass is 32.1. The molecule has 0 radical (unpaired) electrons. The lowest BCUT2D eigenvalue weighted by Crippen LogP contribution is -2.11. The summed E-state index contributed by atoms with van der Waals surface area (Å²) in [6, 6.07) is 7.33. The van der Waals surface area contributed by atoms with Gasteiger partial charge in [0.15, 0.2) is 0 Å². The van der Waals surface area contributed by atoms with E-state index in [0.29, 0.717) is 23.2 Å². The number of aromatic nitrogens is 2. The highest BCUT2D eigenvalue weighted by Gasteiger charge is 2.27. The molecule has 20 heavy (non-hydrogen) atoms. The van der Waals surface area contributed by atoms with Crippen LogP contribution in [0, 0.1) is 0 Å². The number of nitrogens with zero attached hydrogens (tertiary/aromatic N) is 2. The summed E-state index contributed by atoms with van der Waals surface area (Å²) < 4.78 is 5.04. The van der Waals surface area contributed by atoms with E-state index in [1.165, 1.54) is 24.2 Å². The number of benzene rings is 1. The molecule has 1 saturated carbocycles. The molecule has 3 rings (SSSR count). The third-order valence-corrected chi connectivity index (χ3v) is 4.12. The smallest absolute Gasteiger partial charge is 0.257 e. The van der Waals surface area contributed by atoms with Crippen LogP contribution in [0.25, 0.3) is 0 Å². The normalized spacial score (nSPS) is 14.2. The molecule has 0 atom stereocenters. The van der Waals surface area contributed by atoms with Gasteiger partial charge >= 0.3 is 0 Å². The molecule has 6 heteroatoms. The average Bonchev–Trinajstić information content (AvgIpc) is 3.21. The van der Waals surface area contributed by atoms with E-state index in [1.807, 2.05) is 12.1 Å². The molecule has 0 unspecified atom stereocenters. The number of rotatable bonds is 5. The summed E-state index contributed by atoms with van der Waals surface area (Å²) in [7, 11) is 1.65. The molecule has 1 heterocycles. The Labute approximate surface area is 121 Å². The first-order valence-corrected chi connectivity index (χ1v) is 7.30. The maximum Gasteiger partial charge on any atom is 0.257 e. The van der Waals surface area contributed by atoms with Crippen LogP contribution in [0.1, 0.15) is 39.7 Å². The molecule has 104 valence electrons. The van der Waals surface area contributed by atoms with E-state index in [2.05, 4.69) is 15.5 Å². The molecule has 0 bridgehead atoms. The van der Waals surface area contributed by atoms with Crippen molar-refractivity contribution < 1.29 is 9.53 Å². The number of carbonyl (C=O) groups is 1. The first-order valence-electron chi connectivity index (χ1n) is 6.49. The molecule has 0 saturated heterocycles. The van der Waals surface area contributed by atoms with Crippen LogP contribution in [0.5, 0.6) is 0 Å². The predicted molar refractivity (Wildman–Crippen MR) is 77.0 cm³/mol. The molecule has 0 spiro atoms. The van der Waals surface area contributed by atoms with Crippen molar-refractivity contribution in [1.82, 2.24) is 10.2 Å². The van der Waals surface area contributed by atoms with Gasteiger partial charge in [-0.25, -0.2) is 0 Å². The molecule has 0 aliphatic heterocycles. The maximum absolute atomic E-state index is 12.1. The summed E-state index contributed by atoms with van der Waals surface area (Å²) in [6.45, 7) is 0.545. The van der Waals surface area contributed by atoms with Gasteiger partial charge in [-0.05, 0) is 30.5 Å². The Balaban J connectivity index is 1.65. The molecule has 5 nitrogen and oxygen atoms in total. The Morgan fingerprint density at radius 1 is 1.35 bits per heavy atom. The third-order valence-electron chi connectivity index (χ3n) is 3.11. The van der Waals surface area contributed by atoms with Gasteiger partial charge in [0.2, 0.25) is 5.13 Å². The van der Waals surface area contributed by atoms with E-state index in [0.717, 1.165) is 10.6 Å². The predicted octanol–water partition coefficient (Wildman–Crippen LogP) is 2.81. The fourth-order valence-corrected chi connectivity index (χ4v) is 2.78. The summed E-state index contributed by atoms with van der Waals surface area (Å²) in [5, 5.41) is 12.5. The number of anilines is 1. The molecule has 2 aromatic rings. The van der Waals surface area contributed by atoms with Crippen LogP contribution in [0.4, 0.5) is 5.13 Å². The van der Waals surface area contributed by atoms with Gasteiger partial charge in [-0.2, -0.15) is 0 Å². The number of ether oxygens (including phenoxy) is 1. The van der Waals surface area contributed by atoms with Crippen LogP contribution in [0.15, 0.2) is 24.3 Å². The van der Waals surface area contributed by atoms with E-state index in [1.54, 1.807) is 19.2 Å². The minimum Gasteiger partial charge on any atom is -0.380 e. The van der Waals surface area contributed by atoms with Crippen LogP contribution >= 0.6 is 11.3 Å². The summed E-state index contributed by atoms with van der Waals surface area (Å²) in [5.74, 6) is 0.402. The highest BCUT2D eigenvalue weighted by Crippen LogP contribution is 2.42. The molecule has 1 aromatic heterocycles. The minimum atomic E-state index is -0.160. The number of amides is 1. The lowest BCUT2D eigenvalue weighted by molar-refractivity contribution is 0.102. The summed E-state index contributed by atoms with van der Waals surface area (Å²) in [4.78, 5) is 12.1. The molecular weight excluding hydrogens is 274 g/mol. The SMILES string of the molecule is COCc1ccc(C(=O)Nc2nnc(C3CC3)s2)cc1. The Hall–Kier alpha value is -1.79. The van der Waals surface area contributed by atoms with E-state index in [4.69, 9.17) is 4.74 Å². The molecule has 1 aliphatic rings. The van der Waals surface area contributed by atoms with Gasteiger partial charge in [0.25, 0.3) is 5.91 Å². The number of nitrogens with one attached hydrogen (secondary N) is 1. The zero-order valence-electron chi connectivity index (χ0n) is 11.1. The van der Waals surface area contributed by atoms with Crippen molar-refractivity contribution in [1.29, 1.82) is 0 Å². The van der Waals surface area contributed by atoms with Crippen molar-refractivity contribution in [2.24, 2.45) is 0 Å². The molecule has 1 aliphatic carbocycles. The van der Waals surface area contributed by atoms with Crippen molar-refractivity contribution in [3.05, 3.63) is 40.4 Å². The average molecular weight is 289 g/mol. The number of carbonyl (C=O) groups excluding carboxylic acids is 1. The summed E-state index contributed by atoms with van der Waals surface area (Å²) in [6.07, 6.45) is 2.37. The number of hydrogen-bond donors (Lipinski definition) is 1. The van der Waals surface area contributed by atoms with Crippen LogP contribution in [-0.2, 0) is 11.3 Å². The number of hydrogen-bond acceptors (Lipinski definition) is 5. The minimum absolute atomic E-state index is 0.160. The van der Waals surface area contributed by atoms with Gasteiger partial charge < -0.3 is 4.74 Å². The van der Waals surface area contributed by atoms with Crippen molar-refractivity contribution >= 4 is 22.4 Å². The molecule has 1 fully saturated rings. The van der Waals surface area contributed by atoms with Crippen LogP contribution < -0.4 is 5.32 Å². The zero-order chi connectivity index (χ0) is 13.9. The van der Waals surface area contributed by atoms with Crippen molar-refractivity contribution in [3.8, 4) is 0 Å². The molecular formula is C14H15N3O2S. The van der Waals surface area contributed by atoms with E-state index in [-0.39, 0.29) is 5.91 Å². The first-order chi connectivity index (χ1) is 9.76. The van der Waals surface area contributed by atoms with Gasteiger partial charge in [-0.15, -0.1) is 10.2 Å². The zero-order valence-corrected chi connectivity index (χ0v) is 11.9. The highest BCUT2D eigenvalue weighted by molar-refractivity contribution is 7.15. The second-order valence-corrected chi connectivity index (χ2v) is 5.81. The maximum atomic E-state index is 12.1. The van der Waals surface area contributed by atoms with Crippen LogP contribution in [0.3, 0.4) is 0 Å². The van der Waals surface area contributed by atoms with E-state index >= 15 is 0 Å². The largest absolute Gasteiger partial charge is 0.380 e. The molecule has 1 amide bonds. The van der Waals surface area contributed by atoms with E-state index in [9.17, 15) is 4.79 Å². The second kappa shape index (κ2) is 5.68. The van der Waals surface area contributed by atoms with Gasteiger partial charge in [0, 0.05) is 18.6 Å². The van der Waals surface area contributed by atoms with Gasteiger partial charge in [0.05, 0.1) is 6.61 Å². The lowest BCUT2D eigenvalue weighted by Gasteiger charge is -2.03. The van der Waals surface area contributed by atoms with Gasteiger partial charge in [-0.3, -0.25) is 10.1 Å². The van der Waals surface area contributed by atoms with Gasteiger partial charge in [0.1, 0.15) is 5.01 Å². The summed E-state index contributed by atoms with van der Waals surface area (Å²) >= 11 is 1.46. The van der Waals surface area contributed by atoms with Crippen molar-refractivity contribution in [3.63, 3.8) is 0 Å². The Bertz CT molecular complexity index is 605. The fourth-order valence-electron chi connectivity index (χ4n) is 1.87. The Morgan fingerprint density at radius 2 is 2.10 bits per heavy atom. The van der Waals surface area contributed by atoms with Crippen LogP contribution in [-0.4, -0.2) is 23.2 Å². The molecule has 1 aromatic carbocycles. The fraction of sp³-hybridized carbons (Fsp3) is 0.357. The van der Waals surface area contributed by atoms with E-state index < -0.39 is 0 Å². The topological polar surface area (TPSA) is 64.1 Å². The number of methoxy groups -OCH3 is 1. The first kappa shape index (κ1) is 13.2. The Kier molecular flexibility index (Phi) is 3.75. The standard InChI is InChI=1S/C14H15N3O2S/c1-19-8-9-2-4-10(5-3-9)12(18)15-14-17-16-13(20-14)11-6-7-11/h2-5,11H,6-8H2,1H3,(H,15,17,18). The lowest BCUT2D eigenvalue weighted by atomic mass is 10.1.